The highest BCUT2D eigenvalue weighted by Crippen LogP contribution is 2.23. The lowest BCUT2D eigenvalue weighted by molar-refractivity contribution is -0.141. The Morgan fingerprint density at radius 2 is 1.68 bits per heavy atom. The summed E-state index contributed by atoms with van der Waals surface area (Å²) in [6.07, 6.45) is 0.232. The summed E-state index contributed by atoms with van der Waals surface area (Å²) in [7, 11) is 1.31. The van der Waals surface area contributed by atoms with E-state index in [9.17, 15) is 9.59 Å². The third-order valence-corrected chi connectivity index (χ3v) is 2.82. The smallest absolute Gasteiger partial charge is 0.306 e. The molecule has 0 bridgehead atoms. The van der Waals surface area contributed by atoms with Gasteiger partial charge in [0.25, 0.3) is 0 Å². The maximum absolute atomic E-state index is 11.6. The standard InChI is InChI=1S/C15H21NO3/c1-15(2,3)11-5-7-12(8-6-11)16-13(17)9-10-14(18)19-4/h5-8H,9-10H2,1-4H3,(H,16,17). The van der Waals surface area contributed by atoms with Crippen molar-refractivity contribution in [3.8, 4) is 0 Å². The summed E-state index contributed by atoms with van der Waals surface area (Å²) < 4.78 is 4.49. The average molecular weight is 263 g/mol. The molecule has 0 fully saturated rings. The van der Waals surface area contributed by atoms with Crippen LogP contribution in [-0.4, -0.2) is 19.0 Å². The molecule has 0 saturated carbocycles. The molecule has 0 saturated heterocycles. The third kappa shape index (κ3) is 5.12. The number of carbonyl (C=O) groups excluding carboxylic acids is 2. The molecule has 0 aliphatic carbocycles. The Morgan fingerprint density at radius 1 is 1.11 bits per heavy atom. The fraction of sp³-hybridized carbons (Fsp3) is 0.467. The van der Waals surface area contributed by atoms with Gasteiger partial charge < -0.3 is 10.1 Å². The molecule has 0 unspecified atom stereocenters. The maximum Gasteiger partial charge on any atom is 0.306 e. The van der Waals surface area contributed by atoms with Crippen molar-refractivity contribution < 1.29 is 14.3 Å². The van der Waals surface area contributed by atoms with Crippen molar-refractivity contribution in [3.63, 3.8) is 0 Å². The van der Waals surface area contributed by atoms with Gasteiger partial charge in [0.2, 0.25) is 5.91 Å². The number of amides is 1. The van der Waals surface area contributed by atoms with Crippen LogP contribution in [-0.2, 0) is 19.7 Å². The molecule has 1 amide bonds. The zero-order chi connectivity index (χ0) is 14.5. The Hall–Kier alpha value is -1.84. The van der Waals surface area contributed by atoms with Crippen LogP contribution in [0.4, 0.5) is 5.69 Å². The molecule has 104 valence electrons. The van der Waals surface area contributed by atoms with Crippen molar-refractivity contribution >= 4 is 17.6 Å². The van der Waals surface area contributed by atoms with Gasteiger partial charge in [-0.1, -0.05) is 32.9 Å². The minimum Gasteiger partial charge on any atom is -0.469 e. The first kappa shape index (κ1) is 15.2. The highest BCUT2D eigenvalue weighted by molar-refractivity contribution is 5.92. The van der Waals surface area contributed by atoms with E-state index in [-0.39, 0.29) is 30.1 Å². The van der Waals surface area contributed by atoms with E-state index in [1.54, 1.807) is 0 Å². The summed E-state index contributed by atoms with van der Waals surface area (Å²) in [6, 6.07) is 7.74. The topological polar surface area (TPSA) is 55.4 Å². The van der Waals surface area contributed by atoms with E-state index in [1.165, 1.54) is 12.7 Å². The number of benzene rings is 1. The molecule has 0 heterocycles. The van der Waals surface area contributed by atoms with Crippen molar-refractivity contribution in [2.75, 3.05) is 12.4 Å². The summed E-state index contributed by atoms with van der Waals surface area (Å²) in [5.41, 5.74) is 2.04. The molecule has 1 N–H and O–H groups in total. The van der Waals surface area contributed by atoms with Crippen molar-refractivity contribution in [2.45, 2.75) is 39.0 Å². The first-order valence-electron chi connectivity index (χ1n) is 6.30. The second-order valence-corrected chi connectivity index (χ2v) is 5.45. The second kappa shape index (κ2) is 6.36. The van der Waals surface area contributed by atoms with Crippen LogP contribution in [0.5, 0.6) is 0 Å². The lowest BCUT2D eigenvalue weighted by Gasteiger charge is -2.19. The molecule has 0 radical (unpaired) electrons. The van der Waals surface area contributed by atoms with Gasteiger partial charge in [-0.05, 0) is 23.1 Å². The molecule has 4 nitrogen and oxygen atoms in total. The van der Waals surface area contributed by atoms with Crippen LogP contribution in [0.1, 0.15) is 39.2 Å². The number of methoxy groups -OCH3 is 1. The summed E-state index contributed by atoms with van der Waals surface area (Å²) in [4.78, 5) is 22.5. The lowest BCUT2D eigenvalue weighted by atomic mass is 9.87. The van der Waals surface area contributed by atoms with Gasteiger partial charge in [0.15, 0.2) is 0 Å². The number of nitrogens with one attached hydrogen (secondary N) is 1. The number of rotatable bonds is 4. The van der Waals surface area contributed by atoms with Gasteiger partial charge in [0.05, 0.1) is 13.5 Å². The maximum atomic E-state index is 11.6. The Balaban J connectivity index is 2.54. The van der Waals surface area contributed by atoms with E-state index in [0.717, 1.165) is 5.69 Å². The van der Waals surface area contributed by atoms with Gasteiger partial charge in [0.1, 0.15) is 0 Å². The Kier molecular flexibility index (Phi) is 5.10. The van der Waals surface area contributed by atoms with E-state index < -0.39 is 0 Å². The van der Waals surface area contributed by atoms with Crippen LogP contribution < -0.4 is 5.32 Å². The Bertz CT molecular complexity index is 443. The zero-order valence-corrected chi connectivity index (χ0v) is 11.9. The molecule has 0 aliphatic rings. The molecule has 1 aromatic carbocycles. The molecule has 0 aliphatic heterocycles. The molecule has 4 heteroatoms. The fourth-order valence-corrected chi connectivity index (χ4v) is 1.59. The summed E-state index contributed by atoms with van der Waals surface area (Å²) in [5.74, 6) is -0.563. The Labute approximate surface area is 114 Å². The fourth-order valence-electron chi connectivity index (χ4n) is 1.59. The Morgan fingerprint density at radius 3 is 2.16 bits per heavy atom. The van der Waals surface area contributed by atoms with E-state index in [4.69, 9.17) is 0 Å². The minimum atomic E-state index is -0.377. The molecule has 19 heavy (non-hydrogen) atoms. The van der Waals surface area contributed by atoms with Crippen LogP contribution in [0.15, 0.2) is 24.3 Å². The average Bonchev–Trinajstić information content (AvgIpc) is 2.35. The summed E-state index contributed by atoms with van der Waals surface area (Å²) in [6.45, 7) is 6.41. The molecular weight excluding hydrogens is 242 g/mol. The number of anilines is 1. The first-order chi connectivity index (χ1) is 8.82. The predicted octanol–water partition coefficient (Wildman–Crippen LogP) is 2.88. The summed E-state index contributed by atoms with van der Waals surface area (Å²) in [5, 5.41) is 2.75. The lowest BCUT2D eigenvalue weighted by Crippen LogP contribution is -2.14. The second-order valence-electron chi connectivity index (χ2n) is 5.45. The van der Waals surface area contributed by atoms with Gasteiger partial charge >= 0.3 is 5.97 Å². The van der Waals surface area contributed by atoms with Crippen LogP contribution in [0.3, 0.4) is 0 Å². The molecule has 0 spiro atoms. The normalized spacial score (nSPS) is 10.9. The van der Waals surface area contributed by atoms with Crippen molar-refractivity contribution in [1.29, 1.82) is 0 Å². The van der Waals surface area contributed by atoms with Crippen LogP contribution in [0.25, 0.3) is 0 Å². The third-order valence-electron chi connectivity index (χ3n) is 2.82. The molecular formula is C15H21NO3. The first-order valence-corrected chi connectivity index (χ1v) is 6.30. The largest absolute Gasteiger partial charge is 0.469 e. The molecule has 1 aromatic rings. The van der Waals surface area contributed by atoms with E-state index in [1.807, 2.05) is 24.3 Å². The number of ether oxygens (including phenoxy) is 1. The molecule has 0 aromatic heterocycles. The minimum absolute atomic E-state index is 0.0907. The summed E-state index contributed by atoms with van der Waals surface area (Å²) >= 11 is 0. The molecule has 0 atom stereocenters. The van der Waals surface area contributed by atoms with Gasteiger partial charge in [-0.15, -0.1) is 0 Å². The quantitative estimate of drug-likeness (QED) is 0.850. The van der Waals surface area contributed by atoms with Gasteiger partial charge in [-0.25, -0.2) is 0 Å². The number of carbonyl (C=O) groups is 2. The number of hydrogen-bond donors (Lipinski definition) is 1. The van der Waals surface area contributed by atoms with Gasteiger partial charge in [-0.2, -0.15) is 0 Å². The SMILES string of the molecule is COC(=O)CCC(=O)Nc1ccc(C(C)(C)C)cc1. The van der Waals surface area contributed by atoms with E-state index >= 15 is 0 Å². The van der Waals surface area contributed by atoms with Crippen molar-refractivity contribution in [1.82, 2.24) is 0 Å². The predicted molar refractivity (Wildman–Crippen MR) is 75.0 cm³/mol. The zero-order valence-electron chi connectivity index (χ0n) is 11.9. The highest BCUT2D eigenvalue weighted by atomic mass is 16.5. The van der Waals surface area contributed by atoms with Crippen LogP contribution in [0, 0.1) is 0 Å². The van der Waals surface area contributed by atoms with Crippen LogP contribution in [0.2, 0.25) is 0 Å². The molecule has 1 rings (SSSR count). The van der Waals surface area contributed by atoms with E-state index in [0.29, 0.717) is 0 Å². The van der Waals surface area contributed by atoms with Crippen LogP contribution >= 0.6 is 0 Å². The van der Waals surface area contributed by atoms with Gasteiger partial charge in [-0.3, -0.25) is 9.59 Å². The van der Waals surface area contributed by atoms with Crippen molar-refractivity contribution in [3.05, 3.63) is 29.8 Å². The highest BCUT2D eigenvalue weighted by Gasteiger charge is 2.13. The monoisotopic (exact) mass is 263 g/mol. The van der Waals surface area contributed by atoms with Gasteiger partial charge in [0, 0.05) is 12.1 Å². The number of esters is 1. The number of hydrogen-bond acceptors (Lipinski definition) is 3. The van der Waals surface area contributed by atoms with E-state index in [2.05, 4.69) is 30.8 Å². The van der Waals surface area contributed by atoms with Crippen molar-refractivity contribution in [2.24, 2.45) is 0 Å².